The van der Waals surface area contributed by atoms with Gasteiger partial charge in [0.1, 0.15) is 11.2 Å². The lowest BCUT2D eigenvalue weighted by molar-refractivity contribution is -0.168. The van der Waals surface area contributed by atoms with Gasteiger partial charge in [0.05, 0.1) is 0 Å². The number of esters is 1. The molecule has 0 aliphatic rings. The molecule has 0 amide bonds. The van der Waals surface area contributed by atoms with Gasteiger partial charge in [0.15, 0.2) is 0 Å². The summed E-state index contributed by atoms with van der Waals surface area (Å²) < 4.78 is 15.6. The highest BCUT2D eigenvalue weighted by Crippen LogP contribution is 2.23. The minimum absolute atomic E-state index is 0.530. The van der Waals surface area contributed by atoms with Crippen molar-refractivity contribution < 1.29 is 23.8 Å². The number of rotatable bonds is 3. The third-order valence-corrected chi connectivity index (χ3v) is 2.33. The Balaban J connectivity index is 2.93. The molecule has 5 heteroatoms. The summed E-state index contributed by atoms with van der Waals surface area (Å²) in [7, 11) is 0. The monoisotopic (exact) mass is 308 g/mol. The first-order chi connectivity index (χ1) is 9.98. The fourth-order valence-electron chi connectivity index (χ4n) is 1.61. The maximum atomic E-state index is 12.3. The molecule has 0 fully saturated rings. The average Bonchev–Trinajstić information content (AvgIpc) is 2.32. The number of carbonyl (C=O) groups excluding carboxylic acids is 2. The van der Waals surface area contributed by atoms with Crippen LogP contribution >= 0.6 is 0 Å². The van der Waals surface area contributed by atoms with Crippen LogP contribution in [0.25, 0.3) is 0 Å². The molecule has 0 aliphatic carbocycles. The Kier molecular flexibility index (Phi) is 5.58. The van der Waals surface area contributed by atoms with Crippen molar-refractivity contribution >= 4 is 12.1 Å². The van der Waals surface area contributed by atoms with Crippen molar-refractivity contribution in [1.82, 2.24) is 0 Å². The van der Waals surface area contributed by atoms with Crippen molar-refractivity contribution in [3.8, 4) is 0 Å². The van der Waals surface area contributed by atoms with Crippen molar-refractivity contribution in [3.05, 3.63) is 35.9 Å². The van der Waals surface area contributed by atoms with Crippen LogP contribution in [0.5, 0.6) is 0 Å². The van der Waals surface area contributed by atoms with Gasteiger partial charge in [-0.1, -0.05) is 30.3 Å². The van der Waals surface area contributed by atoms with Crippen LogP contribution in [0.1, 0.15) is 53.2 Å². The van der Waals surface area contributed by atoms with Crippen molar-refractivity contribution in [1.29, 1.82) is 0 Å². The first-order valence-corrected chi connectivity index (χ1v) is 7.15. The predicted molar refractivity (Wildman–Crippen MR) is 82.3 cm³/mol. The molecule has 22 heavy (non-hydrogen) atoms. The Morgan fingerprint density at radius 1 is 0.864 bits per heavy atom. The van der Waals surface area contributed by atoms with Crippen LogP contribution in [0.3, 0.4) is 0 Å². The standard InChI is InChI=1S/C17H24O5/c1-16(2,3)21-14(18)13(12-10-8-7-9-11-12)20-15(19)22-17(4,5)6/h7-11,13H,1-6H3. The SMILES string of the molecule is CC(C)(C)OC(=O)OC(C(=O)OC(C)(C)C)c1ccccc1. The van der Waals surface area contributed by atoms with Crippen LogP contribution in [-0.4, -0.2) is 23.3 Å². The van der Waals surface area contributed by atoms with E-state index >= 15 is 0 Å². The second kappa shape index (κ2) is 6.81. The second-order valence-corrected chi connectivity index (χ2v) is 6.91. The number of hydrogen-bond donors (Lipinski definition) is 0. The molecule has 5 nitrogen and oxygen atoms in total. The lowest BCUT2D eigenvalue weighted by Gasteiger charge is -2.25. The van der Waals surface area contributed by atoms with E-state index in [1.807, 2.05) is 6.07 Å². The lowest BCUT2D eigenvalue weighted by atomic mass is 10.1. The molecule has 0 heterocycles. The Hall–Kier alpha value is -2.04. The van der Waals surface area contributed by atoms with Gasteiger partial charge in [-0.15, -0.1) is 0 Å². The van der Waals surface area contributed by atoms with Crippen molar-refractivity contribution in [3.63, 3.8) is 0 Å². The Bertz CT molecular complexity index is 508. The summed E-state index contributed by atoms with van der Waals surface area (Å²) in [5.41, 5.74) is -0.851. The van der Waals surface area contributed by atoms with Crippen molar-refractivity contribution in [2.45, 2.75) is 58.8 Å². The number of benzene rings is 1. The van der Waals surface area contributed by atoms with Gasteiger partial charge in [-0.05, 0) is 41.5 Å². The van der Waals surface area contributed by atoms with Gasteiger partial charge >= 0.3 is 12.1 Å². The molecular formula is C17H24O5. The molecule has 1 aromatic rings. The normalized spacial score (nSPS) is 13.2. The fourth-order valence-corrected chi connectivity index (χ4v) is 1.61. The minimum Gasteiger partial charge on any atom is -0.457 e. The Morgan fingerprint density at radius 2 is 1.36 bits per heavy atom. The predicted octanol–water partition coefficient (Wildman–Crippen LogP) is 4.02. The van der Waals surface area contributed by atoms with E-state index in [-0.39, 0.29) is 0 Å². The van der Waals surface area contributed by atoms with E-state index in [0.717, 1.165) is 0 Å². The summed E-state index contributed by atoms with van der Waals surface area (Å²) in [4.78, 5) is 24.2. The van der Waals surface area contributed by atoms with Crippen LogP contribution in [0.15, 0.2) is 30.3 Å². The van der Waals surface area contributed by atoms with Gasteiger partial charge in [-0.3, -0.25) is 0 Å². The molecule has 0 aromatic heterocycles. The topological polar surface area (TPSA) is 61.8 Å². The molecule has 1 aromatic carbocycles. The van der Waals surface area contributed by atoms with E-state index in [1.54, 1.807) is 65.8 Å². The zero-order valence-corrected chi connectivity index (χ0v) is 14.0. The van der Waals surface area contributed by atoms with E-state index in [0.29, 0.717) is 5.56 Å². The van der Waals surface area contributed by atoms with Crippen molar-refractivity contribution in [2.75, 3.05) is 0 Å². The molecule has 1 unspecified atom stereocenters. The summed E-state index contributed by atoms with van der Waals surface area (Å²) in [6.45, 7) is 10.4. The summed E-state index contributed by atoms with van der Waals surface area (Å²) in [5.74, 6) is -0.635. The molecule has 1 rings (SSSR count). The molecular weight excluding hydrogens is 284 g/mol. The van der Waals surface area contributed by atoms with E-state index in [1.165, 1.54) is 0 Å². The van der Waals surface area contributed by atoms with Gasteiger partial charge in [-0.25, -0.2) is 9.59 Å². The molecule has 0 aliphatic heterocycles. The number of carbonyl (C=O) groups is 2. The van der Waals surface area contributed by atoms with Gasteiger partial charge in [-0.2, -0.15) is 0 Å². The van der Waals surface area contributed by atoms with E-state index in [9.17, 15) is 9.59 Å². The van der Waals surface area contributed by atoms with Gasteiger partial charge < -0.3 is 14.2 Å². The van der Waals surface area contributed by atoms with Crippen LogP contribution in [0.4, 0.5) is 4.79 Å². The van der Waals surface area contributed by atoms with Gasteiger partial charge in [0, 0.05) is 5.56 Å². The van der Waals surface area contributed by atoms with Crippen LogP contribution < -0.4 is 0 Å². The molecule has 0 saturated carbocycles. The molecule has 0 saturated heterocycles. The van der Waals surface area contributed by atoms with Crippen LogP contribution in [0, 0.1) is 0 Å². The Morgan fingerprint density at radius 3 is 1.82 bits per heavy atom. The second-order valence-electron chi connectivity index (χ2n) is 6.91. The molecule has 0 N–H and O–H groups in total. The van der Waals surface area contributed by atoms with Gasteiger partial charge in [0.2, 0.25) is 6.10 Å². The average molecular weight is 308 g/mol. The maximum Gasteiger partial charge on any atom is 0.509 e. The first kappa shape index (κ1) is 18.0. The summed E-state index contributed by atoms with van der Waals surface area (Å²) in [6, 6.07) is 8.71. The summed E-state index contributed by atoms with van der Waals surface area (Å²) >= 11 is 0. The number of hydrogen-bond acceptors (Lipinski definition) is 5. The van der Waals surface area contributed by atoms with E-state index < -0.39 is 29.4 Å². The largest absolute Gasteiger partial charge is 0.509 e. The highest BCUT2D eigenvalue weighted by Gasteiger charge is 2.31. The Labute approximate surface area is 131 Å². The number of ether oxygens (including phenoxy) is 3. The molecule has 0 radical (unpaired) electrons. The third-order valence-electron chi connectivity index (χ3n) is 2.33. The highest BCUT2D eigenvalue weighted by atomic mass is 16.7. The minimum atomic E-state index is -1.16. The van der Waals surface area contributed by atoms with Gasteiger partial charge in [0.25, 0.3) is 0 Å². The third kappa shape index (κ3) is 6.61. The first-order valence-electron chi connectivity index (χ1n) is 7.15. The quantitative estimate of drug-likeness (QED) is 0.789. The zero-order chi connectivity index (χ0) is 17.0. The van der Waals surface area contributed by atoms with Crippen molar-refractivity contribution in [2.24, 2.45) is 0 Å². The van der Waals surface area contributed by atoms with Crippen LogP contribution in [0.2, 0.25) is 0 Å². The molecule has 1 atom stereocenters. The molecule has 0 spiro atoms. The zero-order valence-electron chi connectivity index (χ0n) is 14.0. The summed E-state index contributed by atoms with van der Waals surface area (Å²) in [6.07, 6.45) is -2.07. The fraction of sp³-hybridized carbons (Fsp3) is 0.529. The highest BCUT2D eigenvalue weighted by molar-refractivity contribution is 5.79. The lowest BCUT2D eigenvalue weighted by Crippen LogP contribution is -2.32. The van der Waals surface area contributed by atoms with Crippen LogP contribution in [-0.2, 0) is 19.0 Å². The smallest absolute Gasteiger partial charge is 0.457 e. The molecule has 0 bridgehead atoms. The maximum absolute atomic E-state index is 12.3. The summed E-state index contributed by atoms with van der Waals surface area (Å²) in [5, 5.41) is 0. The van der Waals surface area contributed by atoms with E-state index in [4.69, 9.17) is 14.2 Å². The van der Waals surface area contributed by atoms with E-state index in [2.05, 4.69) is 0 Å². The molecule has 122 valence electrons.